The van der Waals surface area contributed by atoms with Crippen molar-refractivity contribution in [2.75, 3.05) is 31.3 Å². The van der Waals surface area contributed by atoms with Crippen molar-refractivity contribution in [3.63, 3.8) is 0 Å². The van der Waals surface area contributed by atoms with Crippen molar-refractivity contribution < 1.29 is 35.9 Å². The molecule has 0 aliphatic carbocycles. The van der Waals surface area contributed by atoms with Gasteiger partial charge in [-0.05, 0) is 42.8 Å². The van der Waals surface area contributed by atoms with Crippen LogP contribution in [0, 0.1) is 22.7 Å². The first-order valence-corrected chi connectivity index (χ1v) is 13.1. The summed E-state index contributed by atoms with van der Waals surface area (Å²) >= 11 is 0. The molecular weight excluding hydrogens is 539 g/mol. The van der Waals surface area contributed by atoms with Crippen LogP contribution in [0.3, 0.4) is 0 Å². The van der Waals surface area contributed by atoms with E-state index in [0.717, 1.165) is 29.2 Å². The Bertz CT molecular complexity index is 1510. The summed E-state index contributed by atoms with van der Waals surface area (Å²) in [6, 6.07) is 9.47. The fourth-order valence-electron chi connectivity index (χ4n) is 4.26. The number of benzene rings is 2. The van der Waals surface area contributed by atoms with Gasteiger partial charge in [-0.15, -0.1) is 0 Å². The standard InChI is InChI=1S/C25H22F3N5O5S/c1-15-21(12-30)23(32-24(34)33(15)18-4-2-3-17(10-18)25(26,27)28)20-6-5-16(11-29)9-22(20)39(35,36)31-13-19-14-37-7-8-38-19/h2-6,9-10,19,23,31H,7-8,13-14H2,1H3,(H,32,34)/t19?,23-/m1/s1. The molecule has 2 heterocycles. The molecule has 2 aromatic carbocycles. The zero-order chi connectivity index (χ0) is 28.4. The van der Waals surface area contributed by atoms with Crippen molar-refractivity contribution in [3.05, 3.63) is 70.4 Å². The number of rotatable bonds is 6. The van der Waals surface area contributed by atoms with Gasteiger partial charge in [-0.1, -0.05) is 12.1 Å². The third-order valence-electron chi connectivity index (χ3n) is 6.17. The SMILES string of the molecule is CC1=C(C#N)[C@@H](c2ccc(C#N)cc2S(=O)(=O)NCC2COCCO2)NC(=O)N1c1cccc(C(F)(F)F)c1. The molecule has 0 saturated carbocycles. The molecular formula is C25H22F3N5O5S. The third kappa shape index (κ3) is 5.89. The lowest BCUT2D eigenvalue weighted by Crippen LogP contribution is -2.47. The molecule has 1 fully saturated rings. The number of carbonyl (C=O) groups is 1. The maximum atomic E-state index is 13.3. The molecule has 1 saturated heterocycles. The van der Waals surface area contributed by atoms with E-state index in [1.807, 2.05) is 12.1 Å². The van der Waals surface area contributed by atoms with Crippen molar-refractivity contribution in [1.29, 1.82) is 10.5 Å². The Labute approximate surface area is 222 Å². The Morgan fingerprint density at radius 3 is 2.56 bits per heavy atom. The van der Waals surface area contributed by atoms with Gasteiger partial charge in [-0.3, -0.25) is 4.90 Å². The first-order chi connectivity index (χ1) is 18.5. The minimum absolute atomic E-state index is 0.00439. The van der Waals surface area contributed by atoms with Gasteiger partial charge in [0.1, 0.15) is 0 Å². The predicted molar refractivity (Wildman–Crippen MR) is 130 cm³/mol. The quantitative estimate of drug-likeness (QED) is 0.550. The van der Waals surface area contributed by atoms with E-state index >= 15 is 0 Å². The molecule has 2 aliphatic rings. The summed E-state index contributed by atoms with van der Waals surface area (Å²) in [7, 11) is -4.29. The molecule has 39 heavy (non-hydrogen) atoms. The van der Waals surface area contributed by atoms with Crippen LogP contribution >= 0.6 is 0 Å². The number of nitriles is 2. The maximum Gasteiger partial charge on any atom is 0.416 e. The first-order valence-electron chi connectivity index (χ1n) is 11.6. The molecule has 0 radical (unpaired) electrons. The summed E-state index contributed by atoms with van der Waals surface area (Å²) < 4.78 is 79.6. The minimum Gasteiger partial charge on any atom is -0.376 e. The number of amides is 2. The second-order valence-electron chi connectivity index (χ2n) is 8.66. The van der Waals surface area contributed by atoms with Gasteiger partial charge in [-0.25, -0.2) is 17.9 Å². The number of allylic oxidation sites excluding steroid dienone is 1. The molecule has 2 N–H and O–H groups in total. The summed E-state index contributed by atoms with van der Waals surface area (Å²) in [4.78, 5) is 13.7. The van der Waals surface area contributed by atoms with E-state index in [-0.39, 0.29) is 46.1 Å². The summed E-state index contributed by atoms with van der Waals surface area (Å²) in [5, 5.41) is 21.9. The van der Waals surface area contributed by atoms with Crippen LogP contribution in [0.1, 0.15) is 29.7 Å². The molecule has 204 valence electrons. The van der Waals surface area contributed by atoms with Crippen LogP contribution < -0.4 is 14.9 Å². The smallest absolute Gasteiger partial charge is 0.376 e. The number of ether oxygens (including phenoxy) is 2. The van der Waals surface area contributed by atoms with Crippen molar-refractivity contribution in [1.82, 2.24) is 10.0 Å². The van der Waals surface area contributed by atoms with Gasteiger partial charge in [0.15, 0.2) is 0 Å². The van der Waals surface area contributed by atoms with Gasteiger partial charge in [0.2, 0.25) is 10.0 Å². The molecule has 0 bridgehead atoms. The fraction of sp³-hybridized carbons (Fsp3) is 0.320. The van der Waals surface area contributed by atoms with Crippen LogP contribution in [-0.4, -0.2) is 46.9 Å². The van der Waals surface area contributed by atoms with Gasteiger partial charge in [0, 0.05) is 12.2 Å². The van der Waals surface area contributed by atoms with E-state index in [4.69, 9.17) is 9.47 Å². The number of hydrogen-bond acceptors (Lipinski definition) is 7. The van der Waals surface area contributed by atoms with E-state index in [9.17, 15) is 36.9 Å². The number of hydrogen-bond donors (Lipinski definition) is 2. The average Bonchev–Trinajstić information content (AvgIpc) is 2.91. The monoisotopic (exact) mass is 561 g/mol. The molecule has 0 spiro atoms. The number of nitrogens with one attached hydrogen (secondary N) is 2. The van der Waals surface area contributed by atoms with Gasteiger partial charge in [-0.2, -0.15) is 23.7 Å². The van der Waals surface area contributed by atoms with Crippen molar-refractivity contribution in [3.8, 4) is 12.1 Å². The Kier molecular flexibility index (Phi) is 7.94. The number of sulfonamides is 1. The Morgan fingerprint density at radius 1 is 1.15 bits per heavy atom. The van der Waals surface area contributed by atoms with Crippen LogP contribution in [0.2, 0.25) is 0 Å². The van der Waals surface area contributed by atoms with Crippen LogP contribution in [0.4, 0.5) is 23.7 Å². The second kappa shape index (κ2) is 11.0. The Hall–Kier alpha value is -3.95. The predicted octanol–water partition coefficient (Wildman–Crippen LogP) is 3.34. The van der Waals surface area contributed by atoms with Crippen LogP contribution in [0.5, 0.6) is 0 Å². The highest BCUT2D eigenvalue weighted by Crippen LogP contribution is 2.38. The third-order valence-corrected chi connectivity index (χ3v) is 7.65. The topological polar surface area (TPSA) is 145 Å². The van der Waals surface area contributed by atoms with Gasteiger partial charge >= 0.3 is 12.2 Å². The minimum atomic E-state index is -4.66. The Morgan fingerprint density at radius 2 is 1.92 bits per heavy atom. The Balaban J connectivity index is 1.75. The molecule has 2 aliphatic heterocycles. The van der Waals surface area contributed by atoms with E-state index in [2.05, 4.69) is 10.0 Å². The number of anilines is 1. The lowest BCUT2D eigenvalue weighted by atomic mass is 9.94. The fourth-order valence-corrected chi connectivity index (χ4v) is 5.60. The maximum absolute atomic E-state index is 13.3. The van der Waals surface area contributed by atoms with Gasteiger partial charge < -0.3 is 14.8 Å². The highest BCUT2D eigenvalue weighted by atomic mass is 32.2. The lowest BCUT2D eigenvalue weighted by molar-refractivity contribution is -0.137. The lowest BCUT2D eigenvalue weighted by Gasteiger charge is -2.34. The highest BCUT2D eigenvalue weighted by Gasteiger charge is 2.37. The average molecular weight is 562 g/mol. The molecule has 10 nitrogen and oxygen atoms in total. The molecule has 1 unspecified atom stereocenters. The molecule has 2 atom stereocenters. The first kappa shape index (κ1) is 28.1. The summed E-state index contributed by atoms with van der Waals surface area (Å²) in [5.74, 6) is 0. The molecule has 0 aromatic heterocycles. The van der Waals surface area contributed by atoms with Gasteiger partial charge in [0.25, 0.3) is 0 Å². The summed E-state index contributed by atoms with van der Waals surface area (Å²) in [5.41, 5.74) is -1.19. The number of halogens is 3. The summed E-state index contributed by atoms with van der Waals surface area (Å²) in [6.07, 6.45) is -5.20. The normalized spacial score (nSPS) is 20.3. The van der Waals surface area contributed by atoms with E-state index in [1.54, 1.807) is 0 Å². The van der Waals surface area contributed by atoms with Crippen molar-refractivity contribution in [2.24, 2.45) is 0 Å². The van der Waals surface area contributed by atoms with E-state index in [1.165, 1.54) is 25.1 Å². The number of alkyl halides is 3. The van der Waals surface area contributed by atoms with Gasteiger partial charge in [0.05, 0.1) is 71.4 Å². The van der Waals surface area contributed by atoms with Crippen LogP contribution in [0.25, 0.3) is 0 Å². The molecule has 2 aromatic rings. The van der Waals surface area contributed by atoms with E-state index < -0.39 is 39.9 Å². The zero-order valence-electron chi connectivity index (χ0n) is 20.4. The van der Waals surface area contributed by atoms with E-state index in [0.29, 0.717) is 13.2 Å². The largest absolute Gasteiger partial charge is 0.416 e. The van der Waals surface area contributed by atoms with Crippen molar-refractivity contribution >= 4 is 21.7 Å². The van der Waals surface area contributed by atoms with Crippen molar-refractivity contribution in [2.45, 2.75) is 30.1 Å². The zero-order valence-corrected chi connectivity index (χ0v) is 21.3. The summed E-state index contributed by atoms with van der Waals surface area (Å²) in [6.45, 7) is 2.12. The number of nitrogens with zero attached hydrogens (tertiary/aromatic N) is 3. The van der Waals surface area contributed by atoms with Crippen LogP contribution in [0.15, 0.2) is 58.6 Å². The number of carbonyl (C=O) groups excluding carboxylic acids is 1. The van der Waals surface area contributed by atoms with Crippen LogP contribution in [-0.2, 0) is 25.7 Å². The highest BCUT2D eigenvalue weighted by molar-refractivity contribution is 7.89. The molecule has 2 amide bonds. The number of urea groups is 1. The molecule has 4 rings (SSSR count). The molecule has 14 heteroatoms. The second-order valence-corrected chi connectivity index (χ2v) is 10.4.